The normalized spacial score (nSPS) is 12.4. The molecular formula is C13H16N2O. The third kappa shape index (κ3) is 2.44. The van der Waals surface area contributed by atoms with Gasteiger partial charge in [0, 0.05) is 12.2 Å². The summed E-state index contributed by atoms with van der Waals surface area (Å²) >= 11 is 0. The fraction of sp³-hybridized carbons (Fsp3) is 0.231. The lowest BCUT2D eigenvalue weighted by Gasteiger charge is -2.16. The number of nitrogens with one attached hydrogen (secondary N) is 1. The van der Waals surface area contributed by atoms with Gasteiger partial charge in [-0.05, 0) is 36.8 Å². The second-order valence-corrected chi connectivity index (χ2v) is 3.82. The van der Waals surface area contributed by atoms with Gasteiger partial charge >= 0.3 is 0 Å². The van der Waals surface area contributed by atoms with Crippen molar-refractivity contribution in [2.24, 2.45) is 5.73 Å². The molecule has 1 heterocycles. The van der Waals surface area contributed by atoms with E-state index >= 15 is 0 Å². The SMILES string of the molecule is Cc1cccc(NC(CN)c2ccco2)c1. The molecule has 0 aliphatic heterocycles. The van der Waals surface area contributed by atoms with Crippen LogP contribution in [-0.2, 0) is 0 Å². The smallest absolute Gasteiger partial charge is 0.127 e. The van der Waals surface area contributed by atoms with E-state index in [0.717, 1.165) is 11.4 Å². The Morgan fingerprint density at radius 3 is 2.81 bits per heavy atom. The quantitative estimate of drug-likeness (QED) is 0.826. The highest BCUT2D eigenvalue weighted by Gasteiger charge is 2.11. The molecule has 3 nitrogen and oxygen atoms in total. The minimum atomic E-state index is 0.0248. The monoisotopic (exact) mass is 216 g/mol. The molecule has 3 heteroatoms. The van der Waals surface area contributed by atoms with E-state index in [1.165, 1.54) is 5.56 Å². The third-order valence-electron chi connectivity index (χ3n) is 2.48. The molecule has 0 aliphatic carbocycles. The second kappa shape index (κ2) is 4.86. The molecule has 2 rings (SSSR count). The summed E-state index contributed by atoms with van der Waals surface area (Å²) in [6.07, 6.45) is 1.66. The van der Waals surface area contributed by atoms with Gasteiger partial charge in [0.05, 0.1) is 12.3 Å². The molecule has 0 saturated carbocycles. The van der Waals surface area contributed by atoms with Crippen molar-refractivity contribution in [1.29, 1.82) is 0 Å². The van der Waals surface area contributed by atoms with Gasteiger partial charge in [-0.3, -0.25) is 0 Å². The van der Waals surface area contributed by atoms with E-state index in [1.807, 2.05) is 24.3 Å². The maximum Gasteiger partial charge on any atom is 0.127 e. The van der Waals surface area contributed by atoms with Crippen LogP contribution in [0.3, 0.4) is 0 Å². The van der Waals surface area contributed by atoms with Gasteiger partial charge in [0.25, 0.3) is 0 Å². The molecule has 0 bridgehead atoms. The number of furan rings is 1. The van der Waals surface area contributed by atoms with Crippen LogP contribution in [0.2, 0.25) is 0 Å². The first-order chi connectivity index (χ1) is 7.79. The average Bonchev–Trinajstić information content (AvgIpc) is 2.79. The van der Waals surface area contributed by atoms with Crippen LogP contribution in [0, 0.1) is 6.92 Å². The summed E-state index contributed by atoms with van der Waals surface area (Å²) in [5, 5.41) is 3.35. The van der Waals surface area contributed by atoms with Gasteiger partial charge < -0.3 is 15.5 Å². The lowest BCUT2D eigenvalue weighted by molar-refractivity contribution is 0.482. The van der Waals surface area contributed by atoms with E-state index in [-0.39, 0.29) is 6.04 Å². The van der Waals surface area contributed by atoms with Gasteiger partial charge in [-0.1, -0.05) is 12.1 Å². The molecule has 1 aromatic heterocycles. The molecule has 0 radical (unpaired) electrons. The van der Waals surface area contributed by atoms with Crippen molar-refractivity contribution < 1.29 is 4.42 Å². The van der Waals surface area contributed by atoms with Crippen molar-refractivity contribution in [2.75, 3.05) is 11.9 Å². The molecule has 0 fully saturated rings. The number of anilines is 1. The Hall–Kier alpha value is -1.74. The first-order valence-corrected chi connectivity index (χ1v) is 5.36. The fourth-order valence-corrected chi connectivity index (χ4v) is 1.67. The summed E-state index contributed by atoms with van der Waals surface area (Å²) in [6.45, 7) is 2.57. The first-order valence-electron chi connectivity index (χ1n) is 5.36. The highest BCUT2D eigenvalue weighted by Crippen LogP contribution is 2.19. The van der Waals surface area contributed by atoms with Crippen molar-refractivity contribution in [2.45, 2.75) is 13.0 Å². The van der Waals surface area contributed by atoms with Crippen molar-refractivity contribution in [1.82, 2.24) is 0 Å². The van der Waals surface area contributed by atoms with Crippen LogP contribution >= 0.6 is 0 Å². The number of rotatable bonds is 4. The largest absolute Gasteiger partial charge is 0.467 e. The van der Waals surface area contributed by atoms with Gasteiger partial charge in [0.1, 0.15) is 5.76 Å². The van der Waals surface area contributed by atoms with Crippen LogP contribution in [0.1, 0.15) is 17.4 Å². The lowest BCUT2D eigenvalue weighted by Crippen LogP contribution is -2.20. The van der Waals surface area contributed by atoms with E-state index in [4.69, 9.17) is 10.2 Å². The Labute approximate surface area is 95.3 Å². The Kier molecular flexibility index (Phi) is 3.27. The molecule has 3 N–H and O–H groups in total. The molecule has 1 atom stereocenters. The van der Waals surface area contributed by atoms with Crippen LogP contribution in [0.5, 0.6) is 0 Å². The fourth-order valence-electron chi connectivity index (χ4n) is 1.67. The maximum atomic E-state index is 5.73. The molecule has 16 heavy (non-hydrogen) atoms. The molecule has 1 unspecified atom stereocenters. The predicted octanol–water partition coefficient (Wildman–Crippen LogP) is 2.70. The first kappa shape index (κ1) is 10.8. The van der Waals surface area contributed by atoms with Crippen LogP contribution in [-0.4, -0.2) is 6.54 Å². The number of aryl methyl sites for hydroxylation is 1. The lowest BCUT2D eigenvalue weighted by atomic mass is 10.2. The van der Waals surface area contributed by atoms with Crippen molar-refractivity contribution in [3.63, 3.8) is 0 Å². The van der Waals surface area contributed by atoms with Gasteiger partial charge in [-0.2, -0.15) is 0 Å². The molecule has 0 saturated heterocycles. The average molecular weight is 216 g/mol. The zero-order chi connectivity index (χ0) is 11.4. The number of benzene rings is 1. The van der Waals surface area contributed by atoms with Crippen LogP contribution in [0.4, 0.5) is 5.69 Å². The Morgan fingerprint density at radius 2 is 2.19 bits per heavy atom. The van der Waals surface area contributed by atoms with Crippen LogP contribution in [0.25, 0.3) is 0 Å². The number of nitrogens with two attached hydrogens (primary N) is 1. The Balaban J connectivity index is 2.13. The van der Waals surface area contributed by atoms with Crippen LogP contribution < -0.4 is 11.1 Å². The summed E-state index contributed by atoms with van der Waals surface area (Å²) in [6, 6.07) is 12.0. The standard InChI is InChI=1S/C13H16N2O/c1-10-4-2-5-11(8-10)15-12(9-14)13-6-3-7-16-13/h2-8,12,15H,9,14H2,1H3. The number of hydrogen-bond donors (Lipinski definition) is 2. The van der Waals surface area contributed by atoms with E-state index < -0.39 is 0 Å². The molecule has 0 aliphatic rings. The summed E-state index contributed by atoms with van der Waals surface area (Å²) in [7, 11) is 0. The zero-order valence-electron chi connectivity index (χ0n) is 9.31. The van der Waals surface area contributed by atoms with Gasteiger partial charge in [0.2, 0.25) is 0 Å². The topological polar surface area (TPSA) is 51.2 Å². The minimum Gasteiger partial charge on any atom is -0.467 e. The summed E-state index contributed by atoms with van der Waals surface area (Å²) in [5.74, 6) is 0.865. The van der Waals surface area contributed by atoms with E-state index in [1.54, 1.807) is 6.26 Å². The highest BCUT2D eigenvalue weighted by molar-refractivity contribution is 5.47. The minimum absolute atomic E-state index is 0.0248. The van der Waals surface area contributed by atoms with Crippen LogP contribution in [0.15, 0.2) is 47.1 Å². The molecule has 2 aromatic rings. The zero-order valence-corrected chi connectivity index (χ0v) is 9.31. The van der Waals surface area contributed by atoms with Crippen molar-refractivity contribution in [3.05, 3.63) is 54.0 Å². The molecule has 0 amide bonds. The molecule has 1 aromatic carbocycles. The summed E-state index contributed by atoms with van der Waals surface area (Å²) < 4.78 is 5.35. The van der Waals surface area contributed by atoms with Gasteiger partial charge in [-0.15, -0.1) is 0 Å². The third-order valence-corrected chi connectivity index (χ3v) is 2.48. The van der Waals surface area contributed by atoms with Crippen molar-refractivity contribution in [3.8, 4) is 0 Å². The van der Waals surface area contributed by atoms with E-state index in [9.17, 15) is 0 Å². The van der Waals surface area contributed by atoms with Crippen molar-refractivity contribution >= 4 is 5.69 Å². The summed E-state index contributed by atoms with van der Waals surface area (Å²) in [4.78, 5) is 0. The Morgan fingerprint density at radius 1 is 1.31 bits per heavy atom. The molecule has 84 valence electrons. The number of hydrogen-bond acceptors (Lipinski definition) is 3. The second-order valence-electron chi connectivity index (χ2n) is 3.82. The summed E-state index contributed by atoms with van der Waals surface area (Å²) in [5.41, 5.74) is 8.01. The van der Waals surface area contributed by atoms with E-state index in [0.29, 0.717) is 6.54 Å². The van der Waals surface area contributed by atoms with Gasteiger partial charge in [-0.25, -0.2) is 0 Å². The Bertz CT molecular complexity index is 437. The van der Waals surface area contributed by atoms with Gasteiger partial charge in [0.15, 0.2) is 0 Å². The maximum absolute atomic E-state index is 5.73. The van der Waals surface area contributed by atoms with E-state index in [2.05, 4.69) is 24.4 Å². The predicted molar refractivity (Wildman–Crippen MR) is 65.3 cm³/mol. The molecule has 0 spiro atoms. The molecular weight excluding hydrogens is 200 g/mol. The highest BCUT2D eigenvalue weighted by atomic mass is 16.3.